The van der Waals surface area contributed by atoms with E-state index in [1.807, 2.05) is 0 Å². The number of ether oxygens (including phenoxy) is 1. The molecule has 0 heterocycles. The van der Waals surface area contributed by atoms with Gasteiger partial charge in [0.1, 0.15) is 12.4 Å². The first-order valence-electron chi connectivity index (χ1n) is 6.54. The molecule has 0 aliphatic heterocycles. The third-order valence-corrected chi connectivity index (χ3v) is 3.40. The number of aliphatic carboxylic acids is 1. The Labute approximate surface area is 138 Å². The molecule has 0 radical (unpaired) electrons. The normalized spacial score (nSPS) is 11.3. The van der Waals surface area contributed by atoms with Gasteiger partial charge in [-0.05, 0) is 41.5 Å². The van der Waals surface area contributed by atoms with Crippen molar-refractivity contribution in [3.8, 4) is 5.75 Å². The number of benzene rings is 2. The lowest BCUT2D eigenvalue weighted by Gasteiger charge is -2.11. The van der Waals surface area contributed by atoms with Gasteiger partial charge >= 0.3 is 12.1 Å². The Morgan fingerprint density at radius 2 is 1.87 bits per heavy atom. The summed E-state index contributed by atoms with van der Waals surface area (Å²) in [5.41, 5.74) is 0.171. The molecule has 0 bridgehead atoms. The Balaban J connectivity index is 2.12. The summed E-state index contributed by atoms with van der Waals surface area (Å²) in [6, 6.07) is 9.68. The molecule has 0 aliphatic rings. The molecule has 0 spiro atoms. The van der Waals surface area contributed by atoms with Gasteiger partial charge in [-0.15, -0.1) is 0 Å². The molecule has 0 aliphatic carbocycles. The van der Waals surface area contributed by atoms with E-state index in [2.05, 4.69) is 15.9 Å². The molecule has 0 aromatic heterocycles. The number of hydrogen-bond acceptors (Lipinski definition) is 2. The largest absolute Gasteiger partial charge is 0.489 e. The highest BCUT2D eigenvalue weighted by Crippen LogP contribution is 2.30. The maximum absolute atomic E-state index is 12.7. The molecule has 23 heavy (non-hydrogen) atoms. The van der Waals surface area contributed by atoms with Crippen molar-refractivity contribution in [3.63, 3.8) is 0 Å². The number of hydrogen-bond donors (Lipinski definition) is 1. The van der Waals surface area contributed by atoms with Gasteiger partial charge in [-0.1, -0.05) is 28.1 Å². The summed E-state index contributed by atoms with van der Waals surface area (Å²) < 4.78 is 44.1. The third kappa shape index (κ3) is 5.28. The van der Waals surface area contributed by atoms with Crippen molar-refractivity contribution >= 4 is 21.9 Å². The molecule has 7 heteroatoms. The van der Waals surface area contributed by atoms with Crippen LogP contribution in [0.4, 0.5) is 13.2 Å². The van der Waals surface area contributed by atoms with Crippen molar-refractivity contribution < 1.29 is 27.8 Å². The molecule has 0 saturated heterocycles. The van der Waals surface area contributed by atoms with E-state index in [0.29, 0.717) is 21.3 Å². The number of halogens is 4. The van der Waals surface area contributed by atoms with E-state index in [1.165, 1.54) is 12.1 Å². The number of carboxylic acids is 1. The van der Waals surface area contributed by atoms with Crippen molar-refractivity contribution in [1.29, 1.82) is 0 Å². The summed E-state index contributed by atoms with van der Waals surface area (Å²) in [6.07, 6.45) is -4.57. The minimum atomic E-state index is -4.40. The summed E-state index contributed by atoms with van der Waals surface area (Å²) in [5.74, 6) is -0.597. The minimum Gasteiger partial charge on any atom is -0.489 e. The van der Waals surface area contributed by atoms with Crippen LogP contribution in [-0.4, -0.2) is 11.1 Å². The van der Waals surface area contributed by atoms with E-state index >= 15 is 0 Å². The zero-order chi connectivity index (χ0) is 17.0. The quantitative estimate of drug-likeness (QED) is 0.808. The zero-order valence-corrected chi connectivity index (χ0v) is 13.3. The van der Waals surface area contributed by atoms with Crippen LogP contribution in [0.15, 0.2) is 46.9 Å². The van der Waals surface area contributed by atoms with E-state index in [4.69, 9.17) is 9.84 Å². The topological polar surface area (TPSA) is 46.5 Å². The SMILES string of the molecule is O=C(O)Cc1cc(Br)cc(OCc2cccc(C(F)(F)F)c2)c1. The molecule has 2 rings (SSSR count). The monoisotopic (exact) mass is 388 g/mol. The van der Waals surface area contributed by atoms with Crippen molar-refractivity contribution in [1.82, 2.24) is 0 Å². The molecule has 1 N–H and O–H groups in total. The lowest BCUT2D eigenvalue weighted by atomic mass is 10.1. The fourth-order valence-electron chi connectivity index (χ4n) is 1.98. The summed E-state index contributed by atoms with van der Waals surface area (Å²) in [6.45, 7) is -0.0487. The number of rotatable bonds is 5. The van der Waals surface area contributed by atoms with Crippen LogP contribution >= 0.6 is 15.9 Å². The van der Waals surface area contributed by atoms with Crippen LogP contribution in [0.2, 0.25) is 0 Å². The second-order valence-electron chi connectivity index (χ2n) is 4.85. The van der Waals surface area contributed by atoms with Crippen molar-refractivity contribution in [2.75, 3.05) is 0 Å². The first-order valence-corrected chi connectivity index (χ1v) is 7.33. The molecular formula is C16H12BrF3O3. The Bertz CT molecular complexity index is 714. The Kier molecular flexibility index (Phi) is 5.30. The molecule has 122 valence electrons. The molecule has 0 atom stereocenters. The van der Waals surface area contributed by atoms with Crippen LogP contribution in [0, 0.1) is 0 Å². The second-order valence-corrected chi connectivity index (χ2v) is 5.77. The van der Waals surface area contributed by atoms with Crippen LogP contribution in [-0.2, 0) is 24.0 Å². The van der Waals surface area contributed by atoms with E-state index in [1.54, 1.807) is 18.2 Å². The zero-order valence-electron chi connectivity index (χ0n) is 11.7. The smallest absolute Gasteiger partial charge is 0.416 e. The molecule has 2 aromatic rings. The predicted molar refractivity (Wildman–Crippen MR) is 81.3 cm³/mol. The fraction of sp³-hybridized carbons (Fsp3) is 0.188. The highest BCUT2D eigenvalue weighted by atomic mass is 79.9. The summed E-state index contributed by atoms with van der Waals surface area (Å²) >= 11 is 3.25. The Morgan fingerprint density at radius 1 is 1.13 bits per heavy atom. The first kappa shape index (κ1) is 17.3. The van der Waals surface area contributed by atoms with Crippen molar-refractivity contribution in [3.05, 3.63) is 63.6 Å². The minimum absolute atomic E-state index is 0.0487. The average molecular weight is 389 g/mol. The molecule has 0 unspecified atom stereocenters. The number of carboxylic acid groups (broad SMARTS) is 1. The molecule has 0 fully saturated rings. The van der Waals surface area contributed by atoms with Gasteiger partial charge in [0.2, 0.25) is 0 Å². The van der Waals surface area contributed by atoms with Gasteiger partial charge in [0.25, 0.3) is 0 Å². The molecular weight excluding hydrogens is 377 g/mol. The molecule has 3 nitrogen and oxygen atoms in total. The van der Waals surface area contributed by atoms with Gasteiger partial charge < -0.3 is 9.84 Å². The van der Waals surface area contributed by atoms with Gasteiger partial charge in [-0.3, -0.25) is 4.79 Å². The third-order valence-electron chi connectivity index (χ3n) is 2.95. The number of alkyl halides is 3. The van der Waals surface area contributed by atoms with E-state index < -0.39 is 17.7 Å². The average Bonchev–Trinajstić information content (AvgIpc) is 2.43. The summed E-state index contributed by atoms with van der Waals surface area (Å²) in [4.78, 5) is 10.7. The Morgan fingerprint density at radius 3 is 2.52 bits per heavy atom. The van der Waals surface area contributed by atoms with Crippen LogP contribution < -0.4 is 4.74 Å². The second kappa shape index (κ2) is 7.04. The highest BCUT2D eigenvalue weighted by Gasteiger charge is 2.30. The van der Waals surface area contributed by atoms with Gasteiger partial charge in [0.05, 0.1) is 12.0 Å². The van der Waals surface area contributed by atoms with Gasteiger partial charge in [-0.25, -0.2) is 0 Å². The highest BCUT2D eigenvalue weighted by molar-refractivity contribution is 9.10. The molecule has 0 saturated carbocycles. The van der Waals surface area contributed by atoms with Gasteiger partial charge in [0.15, 0.2) is 0 Å². The fourth-order valence-corrected chi connectivity index (χ4v) is 2.50. The van der Waals surface area contributed by atoms with Crippen molar-refractivity contribution in [2.24, 2.45) is 0 Å². The predicted octanol–water partition coefficient (Wildman–Crippen LogP) is 4.67. The van der Waals surface area contributed by atoms with Gasteiger partial charge in [0, 0.05) is 4.47 Å². The lowest BCUT2D eigenvalue weighted by Crippen LogP contribution is -2.06. The maximum atomic E-state index is 12.7. The summed E-state index contributed by atoms with van der Waals surface area (Å²) in [7, 11) is 0. The van der Waals surface area contributed by atoms with Crippen molar-refractivity contribution in [2.45, 2.75) is 19.2 Å². The van der Waals surface area contributed by atoms with Crippen LogP contribution in [0.5, 0.6) is 5.75 Å². The Hall–Kier alpha value is -2.02. The maximum Gasteiger partial charge on any atom is 0.416 e. The molecule has 0 amide bonds. The lowest BCUT2D eigenvalue weighted by molar-refractivity contribution is -0.138. The van der Waals surface area contributed by atoms with Gasteiger partial charge in [-0.2, -0.15) is 13.2 Å². The van der Waals surface area contributed by atoms with E-state index in [-0.39, 0.29) is 13.0 Å². The van der Waals surface area contributed by atoms with Crippen LogP contribution in [0.1, 0.15) is 16.7 Å². The first-order chi connectivity index (χ1) is 10.7. The van der Waals surface area contributed by atoms with Crippen LogP contribution in [0.25, 0.3) is 0 Å². The number of carbonyl (C=O) groups is 1. The van der Waals surface area contributed by atoms with E-state index in [9.17, 15) is 18.0 Å². The standard InChI is InChI=1S/C16H12BrF3O3/c17-13-5-11(7-15(21)22)6-14(8-13)23-9-10-2-1-3-12(4-10)16(18,19)20/h1-6,8H,7,9H2,(H,21,22). The molecule has 2 aromatic carbocycles. The van der Waals surface area contributed by atoms with E-state index in [0.717, 1.165) is 12.1 Å². The van der Waals surface area contributed by atoms with Crippen LogP contribution in [0.3, 0.4) is 0 Å². The summed E-state index contributed by atoms with van der Waals surface area (Å²) in [5, 5.41) is 8.80.